The minimum atomic E-state index is -0.0475. The highest BCUT2D eigenvalue weighted by molar-refractivity contribution is 6.30. The highest BCUT2D eigenvalue weighted by Gasteiger charge is 2.33. The van der Waals surface area contributed by atoms with E-state index in [9.17, 15) is 4.79 Å². The third-order valence-electron chi connectivity index (χ3n) is 4.86. The van der Waals surface area contributed by atoms with E-state index in [2.05, 4.69) is 11.9 Å². The van der Waals surface area contributed by atoms with Crippen LogP contribution < -0.4 is 0 Å². The molecule has 7 heteroatoms. The van der Waals surface area contributed by atoms with E-state index in [0.29, 0.717) is 29.7 Å². The van der Waals surface area contributed by atoms with Gasteiger partial charge in [-0.25, -0.2) is 4.98 Å². The van der Waals surface area contributed by atoms with Crippen LogP contribution in [0.3, 0.4) is 0 Å². The number of halogens is 1. The lowest BCUT2D eigenvalue weighted by Gasteiger charge is -2.32. The van der Waals surface area contributed by atoms with Crippen LogP contribution >= 0.6 is 11.6 Å². The van der Waals surface area contributed by atoms with Gasteiger partial charge in [0.2, 0.25) is 5.89 Å². The average molecular weight is 385 g/mol. The Balaban J connectivity index is 1.67. The maximum atomic E-state index is 13.0. The zero-order valence-electron chi connectivity index (χ0n) is 15.1. The fraction of sp³-hybridized carbons (Fsp3) is 0.350. The minimum Gasteiger partial charge on any atom is -0.447 e. The number of benzene rings is 1. The molecule has 0 fully saturated rings. The summed E-state index contributed by atoms with van der Waals surface area (Å²) in [6.45, 7) is 3.15. The molecule has 3 aromatic rings. The molecule has 1 aromatic carbocycles. The summed E-state index contributed by atoms with van der Waals surface area (Å²) in [4.78, 5) is 19.0. The third kappa shape index (κ3) is 3.62. The summed E-state index contributed by atoms with van der Waals surface area (Å²) in [6, 6.07) is 9.53. The molecular weight excluding hydrogens is 364 g/mol. The van der Waals surface area contributed by atoms with Crippen LogP contribution in [0.2, 0.25) is 5.02 Å². The Hall–Kier alpha value is -2.60. The van der Waals surface area contributed by atoms with Crippen LogP contribution in [0.4, 0.5) is 0 Å². The van der Waals surface area contributed by atoms with Crippen molar-refractivity contribution >= 4 is 17.5 Å². The Morgan fingerprint density at radius 1 is 1.30 bits per heavy atom. The second kappa shape index (κ2) is 7.56. The first kappa shape index (κ1) is 17.8. The van der Waals surface area contributed by atoms with Gasteiger partial charge in [0, 0.05) is 17.1 Å². The minimum absolute atomic E-state index is 0.0475. The van der Waals surface area contributed by atoms with Crippen molar-refractivity contribution in [3.05, 3.63) is 59.4 Å². The number of rotatable bonds is 6. The smallest absolute Gasteiger partial charge is 0.272 e. The monoisotopic (exact) mass is 384 g/mol. The van der Waals surface area contributed by atoms with Gasteiger partial charge in [-0.15, -0.1) is 0 Å². The molecule has 1 aliphatic rings. The van der Waals surface area contributed by atoms with Gasteiger partial charge < -0.3 is 9.32 Å². The van der Waals surface area contributed by atoms with Crippen LogP contribution in [-0.2, 0) is 6.54 Å². The van der Waals surface area contributed by atoms with Gasteiger partial charge in [-0.3, -0.25) is 9.48 Å². The topological polar surface area (TPSA) is 64.2 Å². The second-order valence-corrected chi connectivity index (χ2v) is 7.21. The number of hydrogen-bond acceptors (Lipinski definition) is 4. The average Bonchev–Trinajstić information content (AvgIpc) is 3.34. The molecule has 1 unspecified atom stereocenters. The van der Waals surface area contributed by atoms with Crippen molar-refractivity contribution in [2.45, 2.75) is 38.8 Å². The molecule has 1 amide bonds. The molecule has 6 nitrogen and oxygen atoms in total. The Labute approximate surface area is 162 Å². The van der Waals surface area contributed by atoms with Crippen molar-refractivity contribution in [1.82, 2.24) is 19.7 Å². The van der Waals surface area contributed by atoms with Gasteiger partial charge in [0.15, 0.2) is 0 Å². The Kier molecular flexibility index (Phi) is 4.99. The Morgan fingerprint density at radius 2 is 2.11 bits per heavy atom. The standard InChI is InChI=1S/C20H21ClN4O2/c1-2-3-4-16-12-24(13-19-22-9-10-27-19)20(26)18-11-17(23-25(16)18)14-5-7-15(21)8-6-14/h5-11,16H,2-4,12-13H2,1H3. The van der Waals surface area contributed by atoms with Crippen molar-refractivity contribution in [2.24, 2.45) is 0 Å². The molecule has 4 rings (SSSR count). The van der Waals surface area contributed by atoms with Crippen LogP contribution in [0.15, 0.2) is 47.2 Å². The number of fused-ring (bicyclic) bond motifs is 1. The van der Waals surface area contributed by atoms with E-state index in [1.807, 2.05) is 35.0 Å². The first-order chi connectivity index (χ1) is 13.2. The highest BCUT2D eigenvalue weighted by Crippen LogP contribution is 2.30. The molecule has 0 aliphatic carbocycles. The zero-order valence-corrected chi connectivity index (χ0v) is 15.9. The molecule has 0 saturated heterocycles. The first-order valence-electron chi connectivity index (χ1n) is 9.19. The van der Waals surface area contributed by atoms with E-state index in [1.165, 1.54) is 6.26 Å². The molecule has 0 N–H and O–H groups in total. The maximum Gasteiger partial charge on any atom is 0.272 e. The maximum absolute atomic E-state index is 13.0. The van der Waals surface area contributed by atoms with E-state index in [1.54, 1.807) is 11.1 Å². The molecule has 27 heavy (non-hydrogen) atoms. The van der Waals surface area contributed by atoms with Gasteiger partial charge >= 0.3 is 0 Å². The van der Waals surface area contributed by atoms with Crippen molar-refractivity contribution < 1.29 is 9.21 Å². The molecule has 0 radical (unpaired) electrons. The van der Waals surface area contributed by atoms with Crippen molar-refractivity contribution in [2.75, 3.05) is 6.54 Å². The Morgan fingerprint density at radius 3 is 2.81 bits per heavy atom. The van der Waals surface area contributed by atoms with Crippen LogP contribution in [0.5, 0.6) is 0 Å². The SMILES string of the molecule is CCCCC1CN(Cc2ncco2)C(=O)c2cc(-c3ccc(Cl)cc3)nn21. The summed E-state index contributed by atoms with van der Waals surface area (Å²) in [7, 11) is 0. The first-order valence-corrected chi connectivity index (χ1v) is 9.56. The number of carbonyl (C=O) groups is 1. The van der Waals surface area contributed by atoms with Gasteiger partial charge in [0.25, 0.3) is 5.91 Å². The highest BCUT2D eigenvalue weighted by atomic mass is 35.5. The molecule has 140 valence electrons. The second-order valence-electron chi connectivity index (χ2n) is 6.77. The molecule has 0 spiro atoms. The van der Waals surface area contributed by atoms with Crippen molar-refractivity contribution in [1.29, 1.82) is 0 Å². The van der Waals surface area contributed by atoms with Crippen LogP contribution in [-0.4, -0.2) is 32.1 Å². The molecule has 0 saturated carbocycles. The number of unbranched alkanes of at least 4 members (excludes halogenated alkanes) is 1. The van der Waals surface area contributed by atoms with E-state index in [-0.39, 0.29) is 11.9 Å². The summed E-state index contributed by atoms with van der Waals surface area (Å²) in [5.74, 6) is 0.497. The lowest BCUT2D eigenvalue weighted by Crippen LogP contribution is -2.42. The fourth-order valence-corrected chi connectivity index (χ4v) is 3.58. The molecule has 1 atom stereocenters. The van der Waals surface area contributed by atoms with E-state index >= 15 is 0 Å². The number of amides is 1. The van der Waals surface area contributed by atoms with Gasteiger partial charge in [-0.1, -0.05) is 43.5 Å². The van der Waals surface area contributed by atoms with Crippen LogP contribution in [0.1, 0.15) is 48.6 Å². The largest absolute Gasteiger partial charge is 0.447 e. The quantitative estimate of drug-likeness (QED) is 0.624. The number of oxazole rings is 1. The van der Waals surface area contributed by atoms with Crippen LogP contribution in [0.25, 0.3) is 11.3 Å². The summed E-state index contributed by atoms with van der Waals surface area (Å²) >= 11 is 5.99. The molecule has 3 heterocycles. The van der Waals surface area contributed by atoms with Gasteiger partial charge in [0.05, 0.1) is 24.5 Å². The zero-order chi connectivity index (χ0) is 18.8. The van der Waals surface area contributed by atoms with E-state index < -0.39 is 0 Å². The number of carbonyl (C=O) groups excluding carboxylic acids is 1. The van der Waals surface area contributed by atoms with Crippen molar-refractivity contribution in [3.8, 4) is 11.3 Å². The predicted molar refractivity (Wildman–Crippen MR) is 102 cm³/mol. The molecular formula is C20H21ClN4O2. The normalized spacial score (nSPS) is 16.6. The molecule has 1 aliphatic heterocycles. The van der Waals surface area contributed by atoms with Crippen LogP contribution in [0, 0.1) is 0 Å². The number of hydrogen-bond donors (Lipinski definition) is 0. The Bertz CT molecular complexity index is 918. The third-order valence-corrected chi connectivity index (χ3v) is 5.11. The number of aromatic nitrogens is 3. The van der Waals surface area contributed by atoms with Crippen molar-refractivity contribution in [3.63, 3.8) is 0 Å². The summed E-state index contributed by atoms with van der Waals surface area (Å²) < 4.78 is 7.23. The van der Waals surface area contributed by atoms with Gasteiger partial charge in [-0.05, 0) is 24.6 Å². The van der Waals surface area contributed by atoms with E-state index in [4.69, 9.17) is 21.1 Å². The molecule has 2 aromatic heterocycles. The lowest BCUT2D eigenvalue weighted by molar-refractivity contribution is 0.0616. The summed E-state index contributed by atoms with van der Waals surface area (Å²) in [6.07, 6.45) is 6.29. The summed E-state index contributed by atoms with van der Waals surface area (Å²) in [5.41, 5.74) is 2.34. The molecule has 0 bridgehead atoms. The van der Waals surface area contributed by atoms with Gasteiger partial charge in [0.1, 0.15) is 12.0 Å². The summed E-state index contributed by atoms with van der Waals surface area (Å²) in [5, 5.41) is 5.43. The number of nitrogens with zero attached hydrogens (tertiary/aromatic N) is 4. The van der Waals surface area contributed by atoms with E-state index in [0.717, 1.165) is 30.5 Å². The fourth-order valence-electron chi connectivity index (χ4n) is 3.45. The predicted octanol–water partition coefficient (Wildman–Crippen LogP) is 4.58. The lowest BCUT2D eigenvalue weighted by atomic mass is 10.1. The van der Waals surface area contributed by atoms with Gasteiger partial charge in [-0.2, -0.15) is 5.10 Å².